The maximum absolute atomic E-state index is 8.81. The second-order valence-electron chi connectivity index (χ2n) is 2.83. The van der Waals surface area contributed by atoms with Crippen molar-refractivity contribution in [2.75, 3.05) is 0 Å². The molecule has 2 rings (SSSR count). The summed E-state index contributed by atoms with van der Waals surface area (Å²) in [7, 11) is 0. The van der Waals surface area contributed by atoms with Crippen molar-refractivity contribution in [1.29, 1.82) is 0 Å². The Kier molecular flexibility index (Phi) is 2.24. The minimum absolute atomic E-state index is 0.136. The fraction of sp³-hybridized carbons (Fsp3) is 0.222. The van der Waals surface area contributed by atoms with Crippen molar-refractivity contribution in [3.63, 3.8) is 0 Å². The van der Waals surface area contributed by atoms with Gasteiger partial charge in [-0.15, -0.1) is 0 Å². The highest BCUT2D eigenvalue weighted by molar-refractivity contribution is 5.54. The monoisotopic (exact) mass is 191 g/mol. The SMILES string of the molecule is Cc1nccnc1-c1cc(CO)no1. The van der Waals surface area contributed by atoms with Crippen molar-refractivity contribution < 1.29 is 9.63 Å². The topological polar surface area (TPSA) is 72.0 Å². The maximum atomic E-state index is 8.81. The largest absolute Gasteiger partial charge is 0.390 e. The molecule has 2 heterocycles. The predicted octanol–water partition coefficient (Wildman–Crippen LogP) is 0.932. The fourth-order valence-corrected chi connectivity index (χ4v) is 1.15. The average Bonchev–Trinajstić information content (AvgIpc) is 2.67. The van der Waals surface area contributed by atoms with Crippen LogP contribution in [0, 0.1) is 6.92 Å². The molecule has 0 unspecified atom stereocenters. The Balaban J connectivity index is 2.44. The van der Waals surface area contributed by atoms with E-state index in [4.69, 9.17) is 9.63 Å². The van der Waals surface area contributed by atoms with Crippen LogP contribution in [0.1, 0.15) is 11.4 Å². The first-order chi connectivity index (χ1) is 6.81. The van der Waals surface area contributed by atoms with Gasteiger partial charge in [-0.2, -0.15) is 0 Å². The Labute approximate surface area is 80.4 Å². The fourth-order valence-electron chi connectivity index (χ4n) is 1.15. The van der Waals surface area contributed by atoms with Crippen molar-refractivity contribution in [3.8, 4) is 11.5 Å². The first kappa shape index (κ1) is 8.83. The number of rotatable bonds is 2. The van der Waals surface area contributed by atoms with Crippen molar-refractivity contribution >= 4 is 0 Å². The summed E-state index contributed by atoms with van der Waals surface area (Å²) in [6, 6.07) is 1.65. The van der Waals surface area contributed by atoms with Crippen LogP contribution in [-0.4, -0.2) is 20.2 Å². The molecule has 0 aliphatic rings. The number of nitrogens with zero attached hydrogens (tertiary/aromatic N) is 3. The zero-order valence-electron chi connectivity index (χ0n) is 7.64. The van der Waals surface area contributed by atoms with E-state index in [0.717, 1.165) is 5.69 Å². The molecule has 0 aromatic carbocycles. The van der Waals surface area contributed by atoms with E-state index in [1.165, 1.54) is 0 Å². The summed E-state index contributed by atoms with van der Waals surface area (Å²) in [5.41, 5.74) is 1.91. The van der Waals surface area contributed by atoms with Crippen molar-refractivity contribution in [2.24, 2.45) is 0 Å². The summed E-state index contributed by atoms with van der Waals surface area (Å²) in [6.07, 6.45) is 3.20. The van der Waals surface area contributed by atoms with Gasteiger partial charge in [-0.1, -0.05) is 5.16 Å². The molecular formula is C9H9N3O2. The molecule has 0 bridgehead atoms. The molecule has 0 spiro atoms. The van der Waals surface area contributed by atoms with Crippen LogP contribution in [0.15, 0.2) is 23.0 Å². The highest BCUT2D eigenvalue weighted by Gasteiger charge is 2.09. The quantitative estimate of drug-likeness (QED) is 0.764. The van der Waals surface area contributed by atoms with E-state index in [1.54, 1.807) is 18.5 Å². The van der Waals surface area contributed by atoms with E-state index >= 15 is 0 Å². The van der Waals surface area contributed by atoms with Crippen LogP contribution < -0.4 is 0 Å². The van der Waals surface area contributed by atoms with Crippen molar-refractivity contribution in [1.82, 2.24) is 15.1 Å². The third-order valence-electron chi connectivity index (χ3n) is 1.84. The van der Waals surface area contributed by atoms with E-state index in [2.05, 4.69) is 15.1 Å². The van der Waals surface area contributed by atoms with Gasteiger partial charge in [-0.25, -0.2) is 4.98 Å². The van der Waals surface area contributed by atoms with Crippen LogP contribution in [-0.2, 0) is 6.61 Å². The normalized spacial score (nSPS) is 10.4. The molecule has 0 aliphatic heterocycles. The Hall–Kier alpha value is -1.75. The summed E-state index contributed by atoms with van der Waals surface area (Å²) in [6.45, 7) is 1.70. The van der Waals surface area contributed by atoms with Gasteiger partial charge in [0, 0.05) is 18.5 Å². The molecule has 0 radical (unpaired) electrons. The number of aromatic nitrogens is 3. The van der Waals surface area contributed by atoms with Gasteiger partial charge in [-0.3, -0.25) is 4.98 Å². The van der Waals surface area contributed by atoms with Gasteiger partial charge >= 0.3 is 0 Å². The first-order valence-corrected chi connectivity index (χ1v) is 4.15. The molecule has 1 N–H and O–H groups in total. The van der Waals surface area contributed by atoms with Gasteiger partial charge in [-0.05, 0) is 6.92 Å². The predicted molar refractivity (Wildman–Crippen MR) is 48.2 cm³/mol. The molecule has 0 saturated heterocycles. The Morgan fingerprint density at radius 1 is 1.36 bits per heavy atom. The van der Waals surface area contributed by atoms with E-state index in [0.29, 0.717) is 17.1 Å². The summed E-state index contributed by atoms with van der Waals surface area (Å²) < 4.78 is 5.01. The smallest absolute Gasteiger partial charge is 0.187 e. The molecule has 5 nitrogen and oxygen atoms in total. The number of aryl methyl sites for hydroxylation is 1. The summed E-state index contributed by atoms with van der Waals surface area (Å²) in [5, 5.41) is 12.5. The van der Waals surface area contributed by atoms with Crippen LogP contribution in [0.3, 0.4) is 0 Å². The van der Waals surface area contributed by atoms with E-state index in [9.17, 15) is 0 Å². The lowest BCUT2D eigenvalue weighted by atomic mass is 10.2. The van der Waals surface area contributed by atoms with Crippen LogP contribution in [0.4, 0.5) is 0 Å². The average molecular weight is 191 g/mol. The molecule has 0 atom stereocenters. The van der Waals surface area contributed by atoms with Gasteiger partial charge < -0.3 is 9.63 Å². The first-order valence-electron chi connectivity index (χ1n) is 4.15. The molecule has 2 aromatic heterocycles. The lowest BCUT2D eigenvalue weighted by molar-refractivity contribution is 0.267. The number of aliphatic hydroxyl groups is 1. The van der Waals surface area contributed by atoms with E-state index in [-0.39, 0.29) is 6.61 Å². The highest BCUT2D eigenvalue weighted by atomic mass is 16.5. The van der Waals surface area contributed by atoms with E-state index < -0.39 is 0 Å². The van der Waals surface area contributed by atoms with Gasteiger partial charge in [0.05, 0.1) is 12.3 Å². The maximum Gasteiger partial charge on any atom is 0.187 e. The molecule has 5 heteroatoms. The molecule has 0 aliphatic carbocycles. The van der Waals surface area contributed by atoms with Crippen molar-refractivity contribution in [2.45, 2.75) is 13.5 Å². The molecule has 72 valence electrons. The number of hydrogen-bond acceptors (Lipinski definition) is 5. The van der Waals surface area contributed by atoms with Gasteiger partial charge in [0.1, 0.15) is 11.4 Å². The van der Waals surface area contributed by atoms with Crippen LogP contribution in [0.25, 0.3) is 11.5 Å². The minimum atomic E-state index is -0.136. The molecular weight excluding hydrogens is 182 g/mol. The Bertz CT molecular complexity index is 439. The molecule has 2 aromatic rings. The Morgan fingerprint density at radius 3 is 2.79 bits per heavy atom. The second-order valence-corrected chi connectivity index (χ2v) is 2.83. The lowest BCUT2D eigenvalue weighted by Crippen LogP contribution is -1.88. The molecule has 0 fully saturated rings. The van der Waals surface area contributed by atoms with E-state index in [1.807, 2.05) is 6.92 Å². The third-order valence-corrected chi connectivity index (χ3v) is 1.84. The standard InChI is InChI=1S/C9H9N3O2/c1-6-9(11-3-2-10-6)8-4-7(5-13)12-14-8/h2-4,13H,5H2,1H3. The lowest BCUT2D eigenvalue weighted by Gasteiger charge is -1.96. The van der Waals surface area contributed by atoms with Crippen molar-refractivity contribution in [3.05, 3.63) is 29.8 Å². The van der Waals surface area contributed by atoms with Gasteiger partial charge in [0.2, 0.25) is 0 Å². The number of hydrogen-bond donors (Lipinski definition) is 1. The molecule has 14 heavy (non-hydrogen) atoms. The highest BCUT2D eigenvalue weighted by Crippen LogP contribution is 2.19. The Morgan fingerprint density at radius 2 is 2.14 bits per heavy atom. The zero-order valence-corrected chi connectivity index (χ0v) is 7.64. The van der Waals surface area contributed by atoms with Gasteiger partial charge in [0.15, 0.2) is 5.76 Å². The molecule has 0 amide bonds. The minimum Gasteiger partial charge on any atom is -0.390 e. The van der Waals surface area contributed by atoms with Crippen LogP contribution in [0.2, 0.25) is 0 Å². The zero-order chi connectivity index (χ0) is 9.97. The summed E-state index contributed by atoms with van der Waals surface area (Å²) >= 11 is 0. The van der Waals surface area contributed by atoms with Crippen LogP contribution in [0.5, 0.6) is 0 Å². The summed E-state index contributed by atoms with van der Waals surface area (Å²) in [4.78, 5) is 8.20. The van der Waals surface area contributed by atoms with Crippen LogP contribution >= 0.6 is 0 Å². The second kappa shape index (κ2) is 3.55. The third kappa shape index (κ3) is 1.49. The summed E-state index contributed by atoms with van der Waals surface area (Å²) in [5.74, 6) is 0.527. The molecule has 0 saturated carbocycles. The van der Waals surface area contributed by atoms with Gasteiger partial charge in [0.25, 0.3) is 0 Å². The number of aliphatic hydroxyl groups excluding tert-OH is 1.